The second kappa shape index (κ2) is 6.08. The number of aromatic nitrogens is 2. The lowest BCUT2D eigenvalue weighted by Crippen LogP contribution is -2.32. The largest absolute Gasteiger partial charge is 0.341 e. The Morgan fingerprint density at radius 1 is 1.00 bits per heavy atom. The predicted molar refractivity (Wildman–Crippen MR) is 82.3 cm³/mol. The van der Waals surface area contributed by atoms with Gasteiger partial charge in [-0.15, -0.1) is 0 Å². The Labute approximate surface area is 122 Å². The molecule has 0 spiro atoms. The maximum absolute atomic E-state index is 4.90. The van der Waals surface area contributed by atoms with Crippen LogP contribution in [0.2, 0.25) is 0 Å². The molecule has 0 aromatic carbocycles. The summed E-state index contributed by atoms with van der Waals surface area (Å²) in [6.45, 7) is 6.72. The van der Waals surface area contributed by atoms with E-state index in [2.05, 4.69) is 34.8 Å². The van der Waals surface area contributed by atoms with Crippen molar-refractivity contribution in [1.29, 1.82) is 0 Å². The summed E-state index contributed by atoms with van der Waals surface area (Å²) >= 11 is 0. The molecule has 4 nitrogen and oxygen atoms in total. The number of nitrogens with zero attached hydrogens (tertiary/aromatic N) is 4. The molecule has 4 heteroatoms. The summed E-state index contributed by atoms with van der Waals surface area (Å²) in [6, 6.07) is 2.20. The van der Waals surface area contributed by atoms with Crippen LogP contribution in [0.5, 0.6) is 0 Å². The molecular weight excluding hydrogens is 248 g/mol. The molecule has 3 rings (SSSR count). The summed E-state index contributed by atoms with van der Waals surface area (Å²) in [7, 11) is 2.21. The van der Waals surface area contributed by atoms with Crippen LogP contribution in [0, 0.1) is 6.92 Å². The van der Waals surface area contributed by atoms with Crippen molar-refractivity contribution in [3.63, 3.8) is 0 Å². The first-order chi connectivity index (χ1) is 9.72. The lowest BCUT2D eigenvalue weighted by molar-refractivity contribution is 0.253. The molecule has 3 heterocycles. The highest BCUT2D eigenvalue weighted by Gasteiger charge is 2.22. The van der Waals surface area contributed by atoms with Crippen LogP contribution < -0.4 is 4.90 Å². The van der Waals surface area contributed by atoms with Crippen molar-refractivity contribution in [2.45, 2.75) is 44.9 Å². The zero-order valence-electron chi connectivity index (χ0n) is 12.8. The molecule has 2 fully saturated rings. The van der Waals surface area contributed by atoms with E-state index in [4.69, 9.17) is 4.98 Å². The fraction of sp³-hybridized carbons (Fsp3) is 0.750. The summed E-state index contributed by atoms with van der Waals surface area (Å²) in [4.78, 5) is 14.4. The number of piperidine rings is 2. The number of hydrogen-bond donors (Lipinski definition) is 0. The third kappa shape index (κ3) is 3.11. The van der Waals surface area contributed by atoms with Crippen LogP contribution in [0.25, 0.3) is 0 Å². The lowest BCUT2D eigenvalue weighted by Gasteiger charge is -2.30. The average molecular weight is 274 g/mol. The zero-order valence-corrected chi connectivity index (χ0v) is 12.8. The topological polar surface area (TPSA) is 32.3 Å². The number of rotatable bonds is 2. The molecule has 0 unspecified atom stereocenters. The van der Waals surface area contributed by atoms with E-state index in [9.17, 15) is 0 Å². The van der Waals surface area contributed by atoms with E-state index >= 15 is 0 Å². The highest BCUT2D eigenvalue weighted by Crippen LogP contribution is 2.28. The molecule has 2 saturated heterocycles. The summed E-state index contributed by atoms with van der Waals surface area (Å²) in [5.41, 5.74) is 2.39. The molecule has 0 N–H and O–H groups in total. The Morgan fingerprint density at radius 2 is 1.70 bits per heavy atom. The fourth-order valence-electron chi connectivity index (χ4n) is 3.33. The van der Waals surface area contributed by atoms with Crippen molar-refractivity contribution >= 4 is 5.95 Å². The Morgan fingerprint density at radius 3 is 2.40 bits per heavy atom. The van der Waals surface area contributed by atoms with E-state index in [0.717, 1.165) is 24.7 Å². The van der Waals surface area contributed by atoms with Crippen LogP contribution in [0.3, 0.4) is 0 Å². The quantitative estimate of drug-likeness (QED) is 0.830. The van der Waals surface area contributed by atoms with Crippen LogP contribution >= 0.6 is 0 Å². The maximum Gasteiger partial charge on any atom is 0.225 e. The minimum Gasteiger partial charge on any atom is -0.341 e. The highest BCUT2D eigenvalue weighted by molar-refractivity contribution is 5.33. The van der Waals surface area contributed by atoms with Crippen LogP contribution in [0.15, 0.2) is 6.07 Å². The first-order valence-corrected chi connectivity index (χ1v) is 8.01. The van der Waals surface area contributed by atoms with E-state index in [-0.39, 0.29) is 0 Å². The molecule has 0 atom stereocenters. The van der Waals surface area contributed by atoms with Crippen molar-refractivity contribution in [3.05, 3.63) is 17.5 Å². The second-order valence-corrected chi connectivity index (χ2v) is 6.36. The summed E-state index contributed by atoms with van der Waals surface area (Å²) in [5.74, 6) is 1.59. The summed E-state index contributed by atoms with van der Waals surface area (Å²) < 4.78 is 0. The van der Waals surface area contributed by atoms with Gasteiger partial charge in [0, 0.05) is 30.4 Å². The monoisotopic (exact) mass is 274 g/mol. The molecule has 1 aromatic rings. The van der Waals surface area contributed by atoms with Gasteiger partial charge in [0.1, 0.15) is 0 Å². The van der Waals surface area contributed by atoms with E-state index in [1.165, 1.54) is 50.9 Å². The fourth-order valence-corrected chi connectivity index (χ4v) is 3.33. The molecular formula is C16H26N4. The van der Waals surface area contributed by atoms with Gasteiger partial charge in [0.25, 0.3) is 0 Å². The molecule has 0 amide bonds. The molecule has 110 valence electrons. The molecule has 0 saturated carbocycles. The van der Waals surface area contributed by atoms with E-state index < -0.39 is 0 Å². The van der Waals surface area contributed by atoms with E-state index in [1.54, 1.807) is 0 Å². The molecule has 2 aliphatic heterocycles. The average Bonchev–Trinajstić information content (AvgIpc) is 2.48. The molecule has 20 heavy (non-hydrogen) atoms. The Balaban J connectivity index is 1.79. The van der Waals surface area contributed by atoms with Crippen LogP contribution in [-0.2, 0) is 0 Å². The van der Waals surface area contributed by atoms with Gasteiger partial charge in [-0.1, -0.05) is 0 Å². The summed E-state index contributed by atoms with van der Waals surface area (Å²) in [5, 5.41) is 0. The third-order valence-corrected chi connectivity index (χ3v) is 4.64. The van der Waals surface area contributed by atoms with Crippen molar-refractivity contribution in [2.24, 2.45) is 0 Å². The lowest BCUT2D eigenvalue weighted by atomic mass is 9.93. The molecule has 0 bridgehead atoms. The first-order valence-electron chi connectivity index (χ1n) is 8.01. The van der Waals surface area contributed by atoms with Crippen molar-refractivity contribution < 1.29 is 0 Å². The van der Waals surface area contributed by atoms with Gasteiger partial charge in [-0.25, -0.2) is 9.97 Å². The molecule has 1 aromatic heterocycles. The zero-order chi connectivity index (χ0) is 13.9. The van der Waals surface area contributed by atoms with Gasteiger partial charge in [0.15, 0.2) is 0 Å². The minimum absolute atomic E-state index is 0.622. The van der Waals surface area contributed by atoms with Gasteiger partial charge >= 0.3 is 0 Å². The van der Waals surface area contributed by atoms with Gasteiger partial charge in [-0.05, 0) is 65.2 Å². The van der Waals surface area contributed by atoms with Gasteiger partial charge in [0.05, 0.1) is 0 Å². The number of likely N-dealkylation sites (tertiary alicyclic amines) is 1. The number of hydrogen-bond acceptors (Lipinski definition) is 4. The first kappa shape index (κ1) is 13.8. The standard InChI is InChI=1S/C16H26N4/c1-13-12-15(14-6-10-19(2)11-7-14)18-16(17-13)20-8-4-3-5-9-20/h12,14H,3-11H2,1-2H3. The minimum atomic E-state index is 0.622. The van der Waals surface area contributed by atoms with E-state index in [1.807, 2.05) is 0 Å². The van der Waals surface area contributed by atoms with E-state index in [0.29, 0.717) is 5.92 Å². The molecule has 0 radical (unpaired) electrons. The molecule has 0 aliphatic carbocycles. The van der Waals surface area contributed by atoms with Gasteiger partial charge in [0.2, 0.25) is 5.95 Å². The SMILES string of the molecule is Cc1cc(C2CCN(C)CC2)nc(N2CCCCC2)n1. The van der Waals surface area contributed by atoms with Gasteiger partial charge < -0.3 is 9.80 Å². The highest BCUT2D eigenvalue weighted by atomic mass is 15.3. The third-order valence-electron chi connectivity index (χ3n) is 4.64. The predicted octanol–water partition coefficient (Wildman–Crippen LogP) is 2.58. The van der Waals surface area contributed by atoms with Crippen LogP contribution in [-0.4, -0.2) is 48.1 Å². The Bertz CT molecular complexity index is 446. The number of aryl methyl sites for hydroxylation is 1. The van der Waals surface area contributed by atoms with Crippen molar-refractivity contribution in [2.75, 3.05) is 38.1 Å². The van der Waals surface area contributed by atoms with Crippen LogP contribution in [0.4, 0.5) is 5.95 Å². The van der Waals surface area contributed by atoms with Crippen molar-refractivity contribution in [1.82, 2.24) is 14.9 Å². The van der Waals surface area contributed by atoms with Crippen LogP contribution in [0.1, 0.15) is 49.4 Å². The normalized spacial score (nSPS) is 22.2. The summed E-state index contributed by atoms with van der Waals surface area (Å²) in [6.07, 6.45) is 6.37. The molecule has 2 aliphatic rings. The smallest absolute Gasteiger partial charge is 0.225 e. The maximum atomic E-state index is 4.90. The van der Waals surface area contributed by atoms with Crippen molar-refractivity contribution in [3.8, 4) is 0 Å². The van der Waals surface area contributed by atoms with Gasteiger partial charge in [-0.3, -0.25) is 0 Å². The Kier molecular flexibility index (Phi) is 4.20. The van der Waals surface area contributed by atoms with Gasteiger partial charge in [-0.2, -0.15) is 0 Å². The Hall–Kier alpha value is -1.16. The second-order valence-electron chi connectivity index (χ2n) is 6.36. The number of anilines is 1.